The Balaban J connectivity index is 1.52. The van der Waals surface area contributed by atoms with E-state index in [2.05, 4.69) is 10.3 Å². The van der Waals surface area contributed by atoms with Crippen LogP contribution in [0.5, 0.6) is 0 Å². The molecule has 8 nitrogen and oxygen atoms in total. The van der Waals surface area contributed by atoms with Crippen molar-refractivity contribution < 1.29 is 14.5 Å². The molecule has 36 heavy (non-hydrogen) atoms. The van der Waals surface area contributed by atoms with Gasteiger partial charge in [-0.2, -0.15) is 0 Å². The van der Waals surface area contributed by atoms with Crippen molar-refractivity contribution in [2.75, 3.05) is 0 Å². The number of benzene rings is 3. The molecule has 0 aliphatic heterocycles. The number of nitro benzene ring substituents is 1. The van der Waals surface area contributed by atoms with Gasteiger partial charge in [-0.05, 0) is 24.1 Å². The van der Waals surface area contributed by atoms with E-state index in [4.69, 9.17) is 0 Å². The number of hydrogen-bond donors (Lipinski definition) is 1. The number of nitrogens with one attached hydrogen (secondary N) is 1. The first kappa shape index (κ1) is 24.7. The minimum absolute atomic E-state index is 0.105. The second kappa shape index (κ2) is 11.4. The van der Waals surface area contributed by atoms with E-state index in [0.29, 0.717) is 17.1 Å². The number of thiazole rings is 1. The van der Waals surface area contributed by atoms with Crippen LogP contribution in [0.3, 0.4) is 0 Å². The van der Waals surface area contributed by atoms with Crippen molar-refractivity contribution in [1.29, 1.82) is 0 Å². The maximum atomic E-state index is 13.4. The van der Waals surface area contributed by atoms with Gasteiger partial charge in [-0.25, -0.2) is 4.98 Å². The second-order valence-corrected chi connectivity index (χ2v) is 9.14. The van der Waals surface area contributed by atoms with E-state index in [1.54, 1.807) is 29.3 Å². The van der Waals surface area contributed by atoms with Gasteiger partial charge in [-0.15, -0.1) is 11.3 Å². The van der Waals surface area contributed by atoms with Crippen LogP contribution in [0, 0.1) is 17.0 Å². The van der Waals surface area contributed by atoms with Crippen molar-refractivity contribution >= 4 is 28.8 Å². The normalized spacial score (nSPS) is 10.6. The van der Waals surface area contributed by atoms with Crippen LogP contribution in [0.4, 0.5) is 5.69 Å². The van der Waals surface area contributed by atoms with Crippen molar-refractivity contribution in [1.82, 2.24) is 15.2 Å². The first-order valence-corrected chi connectivity index (χ1v) is 12.1. The fraction of sp³-hybridized carbons (Fsp3) is 0.148. The summed E-state index contributed by atoms with van der Waals surface area (Å²) in [5, 5.41) is 16.5. The molecule has 1 N–H and O–H groups in total. The van der Waals surface area contributed by atoms with Crippen molar-refractivity contribution in [2.45, 2.75) is 26.6 Å². The van der Waals surface area contributed by atoms with E-state index in [1.165, 1.54) is 17.4 Å². The average molecular weight is 501 g/mol. The number of nitro groups is 1. The number of aromatic nitrogens is 1. The zero-order chi connectivity index (χ0) is 25.5. The van der Waals surface area contributed by atoms with Gasteiger partial charge in [0.05, 0.1) is 11.5 Å². The quantitative estimate of drug-likeness (QED) is 0.253. The Morgan fingerprint density at radius 3 is 2.31 bits per heavy atom. The topological polar surface area (TPSA) is 105 Å². The number of hydrogen-bond acceptors (Lipinski definition) is 6. The van der Waals surface area contributed by atoms with Crippen molar-refractivity contribution in [3.63, 3.8) is 0 Å². The van der Waals surface area contributed by atoms with Crippen LogP contribution in [0.1, 0.15) is 42.5 Å². The second-order valence-electron chi connectivity index (χ2n) is 8.20. The molecule has 0 saturated carbocycles. The number of carbonyl (C=O) groups is 2. The summed E-state index contributed by atoms with van der Waals surface area (Å²) in [4.78, 5) is 42.9. The zero-order valence-corrected chi connectivity index (χ0v) is 20.4. The molecular formula is C27H24N4O4S. The van der Waals surface area contributed by atoms with Gasteiger partial charge in [0.1, 0.15) is 10.7 Å². The summed E-state index contributed by atoms with van der Waals surface area (Å²) < 4.78 is 0. The Bertz CT molecular complexity index is 1370. The third kappa shape index (κ3) is 6.19. The molecule has 0 unspecified atom stereocenters. The van der Waals surface area contributed by atoms with E-state index >= 15 is 0 Å². The minimum atomic E-state index is -0.491. The summed E-state index contributed by atoms with van der Waals surface area (Å²) in [6.07, 6.45) is 0. The molecule has 2 amide bonds. The van der Waals surface area contributed by atoms with Gasteiger partial charge in [-0.1, -0.05) is 66.7 Å². The van der Waals surface area contributed by atoms with Crippen LogP contribution in [0.2, 0.25) is 0 Å². The standard InChI is InChI=1S/C27H24N4O4S/c1-19-12-13-22(14-24(19)31(34)35)27(33)30(16-21-10-6-3-7-11-21)17-25-29-23(18-36-25)26(32)28-15-20-8-4-2-5-9-20/h2-14,18H,15-17H2,1H3,(H,28,32). The SMILES string of the molecule is Cc1ccc(C(=O)N(Cc2ccccc2)Cc2nc(C(=O)NCc3ccccc3)cs2)cc1[N+](=O)[O-]. The Labute approximate surface area is 212 Å². The van der Waals surface area contributed by atoms with Crippen LogP contribution in [-0.2, 0) is 19.6 Å². The molecular weight excluding hydrogens is 476 g/mol. The summed E-state index contributed by atoms with van der Waals surface area (Å²) in [6, 6.07) is 23.5. The summed E-state index contributed by atoms with van der Waals surface area (Å²) in [7, 11) is 0. The zero-order valence-electron chi connectivity index (χ0n) is 19.6. The van der Waals surface area contributed by atoms with Crippen molar-refractivity contribution in [3.8, 4) is 0 Å². The lowest BCUT2D eigenvalue weighted by Crippen LogP contribution is -2.30. The smallest absolute Gasteiger partial charge is 0.273 e. The van der Waals surface area contributed by atoms with Gasteiger partial charge < -0.3 is 10.2 Å². The molecule has 0 saturated heterocycles. The molecule has 0 fully saturated rings. The average Bonchev–Trinajstić information content (AvgIpc) is 3.36. The van der Waals surface area contributed by atoms with Gasteiger partial charge in [0, 0.05) is 35.7 Å². The third-order valence-electron chi connectivity index (χ3n) is 5.56. The minimum Gasteiger partial charge on any atom is -0.347 e. The molecule has 0 spiro atoms. The van der Waals surface area contributed by atoms with Gasteiger partial charge in [0.15, 0.2) is 0 Å². The fourth-order valence-electron chi connectivity index (χ4n) is 3.64. The largest absolute Gasteiger partial charge is 0.347 e. The summed E-state index contributed by atoms with van der Waals surface area (Å²) in [6.45, 7) is 2.47. The first-order chi connectivity index (χ1) is 17.4. The Morgan fingerprint density at radius 1 is 0.972 bits per heavy atom. The van der Waals surface area contributed by atoms with Gasteiger partial charge in [0.2, 0.25) is 0 Å². The maximum absolute atomic E-state index is 13.4. The lowest BCUT2D eigenvalue weighted by Gasteiger charge is -2.22. The fourth-order valence-corrected chi connectivity index (χ4v) is 4.43. The van der Waals surface area contributed by atoms with Crippen molar-refractivity contribution in [2.24, 2.45) is 0 Å². The number of aryl methyl sites for hydroxylation is 1. The van der Waals surface area contributed by atoms with Crippen molar-refractivity contribution in [3.05, 3.63) is 127 Å². The van der Waals surface area contributed by atoms with E-state index in [-0.39, 0.29) is 41.8 Å². The number of nitrogens with zero attached hydrogens (tertiary/aromatic N) is 3. The molecule has 0 radical (unpaired) electrons. The third-order valence-corrected chi connectivity index (χ3v) is 6.40. The molecule has 9 heteroatoms. The highest BCUT2D eigenvalue weighted by molar-refractivity contribution is 7.09. The van der Waals surface area contributed by atoms with E-state index in [0.717, 1.165) is 11.1 Å². The van der Waals surface area contributed by atoms with E-state index in [1.807, 2.05) is 60.7 Å². The molecule has 1 heterocycles. The van der Waals surface area contributed by atoms with Crippen LogP contribution in [-0.4, -0.2) is 26.6 Å². The highest BCUT2D eigenvalue weighted by Crippen LogP contribution is 2.22. The lowest BCUT2D eigenvalue weighted by molar-refractivity contribution is -0.385. The number of amides is 2. The molecule has 0 aliphatic carbocycles. The molecule has 4 aromatic rings. The molecule has 1 aromatic heterocycles. The van der Waals surface area contributed by atoms with Gasteiger partial charge in [0.25, 0.3) is 17.5 Å². The van der Waals surface area contributed by atoms with Crippen LogP contribution in [0.25, 0.3) is 0 Å². The molecule has 0 bridgehead atoms. The Morgan fingerprint density at radius 2 is 1.64 bits per heavy atom. The molecule has 182 valence electrons. The molecule has 4 rings (SSSR count). The van der Waals surface area contributed by atoms with Crippen LogP contribution in [0.15, 0.2) is 84.2 Å². The predicted molar refractivity (Wildman–Crippen MR) is 138 cm³/mol. The number of carbonyl (C=O) groups excluding carboxylic acids is 2. The molecule has 3 aromatic carbocycles. The summed E-state index contributed by atoms with van der Waals surface area (Å²) in [5.74, 6) is -0.649. The molecule has 0 atom stereocenters. The molecule has 0 aliphatic rings. The Hall–Kier alpha value is -4.37. The Kier molecular flexibility index (Phi) is 7.82. The predicted octanol–water partition coefficient (Wildman–Crippen LogP) is 5.13. The van der Waals surface area contributed by atoms with Crippen LogP contribution >= 0.6 is 11.3 Å². The highest BCUT2D eigenvalue weighted by atomic mass is 32.1. The van der Waals surface area contributed by atoms with E-state index < -0.39 is 4.92 Å². The van der Waals surface area contributed by atoms with E-state index in [9.17, 15) is 19.7 Å². The monoisotopic (exact) mass is 500 g/mol. The number of rotatable bonds is 9. The summed E-state index contributed by atoms with van der Waals surface area (Å²) in [5.41, 5.74) is 2.77. The van der Waals surface area contributed by atoms with Gasteiger partial charge in [-0.3, -0.25) is 19.7 Å². The first-order valence-electron chi connectivity index (χ1n) is 11.3. The lowest BCUT2D eigenvalue weighted by atomic mass is 10.1. The maximum Gasteiger partial charge on any atom is 0.273 e. The summed E-state index contributed by atoms with van der Waals surface area (Å²) >= 11 is 1.29. The van der Waals surface area contributed by atoms with Crippen LogP contribution < -0.4 is 5.32 Å². The van der Waals surface area contributed by atoms with Gasteiger partial charge >= 0.3 is 0 Å². The highest BCUT2D eigenvalue weighted by Gasteiger charge is 2.22.